The summed E-state index contributed by atoms with van der Waals surface area (Å²) in [5.74, 6) is 0. The summed E-state index contributed by atoms with van der Waals surface area (Å²) in [4.78, 5) is 0. The summed E-state index contributed by atoms with van der Waals surface area (Å²) < 4.78 is 38.2. The summed E-state index contributed by atoms with van der Waals surface area (Å²) in [6.07, 6.45) is -1.44. The lowest BCUT2D eigenvalue weighted by atomic mass is 9.92. The number of hydrogen-bond acceptors (Lipinski definition) is 2. The molecule has 1 heterocycles. The Bertz CT molecular complexity index is 782. The normalized spacial score (nSPS) is 18.0. The van der Waals surface area contributed by atoms with Gasteiger partial charge in [-0.2, -0.15) is 13.2 Å². The largest absolute Gasteiger partial charge is 0.416 e. The minimum absolute atomic E-state index is 0.130. The van der Waals surface area contributed by atoms with Crippen LogP contribution in [0.15, 0.2) is 48.5 Å². The highest BCUT2D eigenvalue weighted by Gasteiger charge is 2.30. The lowest BCUT2D eigenvalue weighted by Gasteiger charge is -2.25. The van der Waals surface area contributed by atoms with Gasteiger partial charge in [0, 0.05) is 29.9 Å². The standard InChI is InChI=1S/C19H18ClF3N2/c1-24-17-7-6-15(20)11-16(17)13-8-9-25-18(10-13)12-2-4-14(5-3-12)19(21,22)23/h2-7,10-11,18,24-25H,8-9H2,1H3. The maximum atomic E-state index is 12.7. The van der Waals surface area contributed by atoms with Gasteiger partial charge < -0.3 is 10.6 Å². The fourth-order valence-electron chi connectivity index (χ4n) is 3.02. The predicted molar refractivity (Wildman–Crippen MR) is 95.8 cm³/mol. The van der Waals surface area contributed by atoms with Crippen LogP contribution in [-0.4, -0.2) is 13.6 Å². The molecule has 1 unspecified atom stereocenters. The third kappa shape index (κ3) is 3.99. The highest BCUT2D eigenvalue weighted by molar-refractivity contribution is 6.30. The van der Waals surface area contributed by atoms with E-state index < -0.39 is 11.7 Å². The van der Waals surface area contributed by atoms with E-state index in [1.165, 1.54) is 12.1 Å². The Morgan fingerprint density at radius 2 is 1.84 bits per heavy atom. The van der Waals surface area contributed by atoms with Crippen LogP contribution in [0.1, 0.15) is 29.2 Å². The molecule has 3 rings (SSSR count). The van der Waals surface area contributed by atoms with E-state index in [9.17, 15) is 13.2 Å². The Hall–Kier alpha value is -1.98. The average Bonchev–Trinajstić information content (AvgIpc) is 2.61. The molecule has 0 saturated carbocycles. The highest BCUT2D eigenvalue weighted by atomic mass is 35.5. The number of anilines is 1. The minimum atomic E-state index is -4.32. The summed E-state index contributed by atoms with van der Waals surface area (Å²) in [6.45, 7) is 0.743. The molecule has 2 aromatic rings. The van der Waals surface area contributed by atoms with Gasteiger partial charge in [-0.25, -0.2) is 0 Å². The van der Waals surface area contributed by atoms with Crippen molar-refractivity contribution in [3.63, 3.8) is 0 Å². The van der Waals surface area contributed by atoms with Crippen LogP contribution in [0.4, 0.5) is 18.9 Å². The summed E-state index contributed by atoms with van der Waals surface area (Å²) in [7, 11) is 1.85. The van der Waals surface area contributed by atoms with E-state index in [0.29, 0.717) is 5.02 Å². The van der Waals surface area contributed by atoms with E-state index in [4.69, 9.17) is 11.6 Å². The van der Waals surface area contributed by atoms with Crippen LogP contribution < -0.4 is 10.6 Å². The Morgan fingerprint density at radius 3 is 2.48 bits per heavy atom. The smallest absolute Gasteiger partial charge is 0.388 e. The van der Waals surface area contributed by atoms with Crippen LogP contribution >= 0.6 is 11.6 Å². The lowest BCUT2D eigenvalue weighted by Crippen LogP contribution is -2.25. The zero-order valence-corrected chi connectivity index (χ0v) is 14.4. The summed E-state index contributed by atoms with van der Waals surface area (Å²) in [5, 5.41) is 7.14. The van der Waals surface area contributed by atoms with Crippen LogP contribution in [0.3, 0.4) is 0 Å². The first kappa shape index (κ1) is 17.8. The Balaban J connectivity index is 1.92. The molecule has 0 aliphatic carbocycles. The Morgan fingerprint density at radius 1 is 1.12 bits per heavy atom. The van der Waals surface area contributed by atoms with E-state index in [-0.39, 0.29) is 6.04 Å². The summed E-state index contributed by atoms with van der Waals surface area (Å²) in [6, 6.07) is 10.8. The maximum absolute atomic E-state index is 12.7. The molecule has 0 spiro atoms. The molecule has 0 bridgehead atoms. The Kier molecular flexibility index (Phi) is 5.06. The third-order valence-electron chi connectivity index (χ3n) is 4.32. The van der Waals surface area contributed by atoms with Crippen LogP contribution in [0.2, 0.25) is 5.02 Å². The molecule has 1 aliphatic rings. The first-order valence-electron chi connectivity index (χ1n) is 7.97. The van der Waals surface area contributed by atoms with Gasteiger partial charge in [-0.15, -0.1) is 0 Å². The highest BCUT2D eigenvalue weighted by Crippen LogP contribution is 2.34. The molecule has 2 nitrogen and oxygen atoms in total. The van der Waals surface area contributed by atoms with Gasteiger partial charge in [-0.05, 0) is 47.9 Å². The van der Waals surface area contributed by atoms with E-state index in [1.807, 2.05) is 25.2 Å². The molecular weight excluding hydrogens is 349 g/mol. The van der Waals surface area contributed by atoms with Crippen LogP contribution in [0.5, 0.6) is 0 Å². The van der Waals surface area contributed by atoms with Gasteiger partial charge in [0.05, 0.1) is 11.6 Å². The topological polar surface area (TPSA) is 24.1 Å². The number of rotatable bonds is 3. The molecule has 1 atom stereocenters. The van der Waals surface area contributed by atoms with Crippen molar-refractivity contribution in [2.24, 2.45) is 0 Å². The van der Waals surface area contributed by atoms with Crippen molar-refractivity contribution in [1.82, 2.24) is 5.32 Å². The van der Waals surface area contributed by atoms with Crippen molar-refractivity contribution < 1.29 is 13.2 Å². The monoisotopic (exact) mass is 366 g/mol. The number of hydrogen-bond donors (Lipinski definition) is 2. The molecule has 0 fully saturated rings. The Labute approximate surface area is 149 Å². The number of nitrogens with one attached hydrogen (secondary N) is 2. The fourth-order valence-corrected chi connectivity index (χ4v) is 3.20. The van der Waals surface area contributed by atoms with E-state index in [2.05, 4.69) is 16.7 Å². The average molecular weight is 367 g/mol. The zero-order valence-electron chi connectivity index (χ0n) is 13.6. The number of benzene rings is 2. The van der Waals surface area contributed by atoms with Gasteiger partial charge in [0.1, 0.15) is 0 Å². The van der Waals surface area contributed by atoms with Gasteiger partial charge in [0.2, 0.25) is 0 Å². The SMILES string of the molecule is CNc1ccc(Cl)cc1C1=CC(c2ccc(C(F)(F)F)cc2)NCC1. The molecule has 0 radical (unpaired) electrons. The van der Waals surface area contributed by atoms with Crippen molar-refractivity contribution in [2.45, 2.75) is 18.6 Å². The van der Waals surface area contributed by atoms with E-state index in [1.54, 1.807) is 0 Å². The molecule has 2 aromatic carbocycles. The maximum Gasteiger partial charge on any atom is 0.416 e. The molecule has 2 N–H and O–H groups in total. The van der Waals surface area contributed by atoms with Crippen molar-refractivity contribution in [3.05, 3.63) is 70.3 Å². The zero-order chi connectivity index (χ0) is 18.0. The second-order valence-electron chi connectivity index (χ2n) is 5.93. The van der Waals surface area contributed by atoms with Crippen molar-refractivity contribution >= 4 is 22.9 Å². The van der Waals surface area contributed by atoms with E-state index >= 15 is 0 Å². The molecule has 132 valence electrons. The second-order valence-corrected chi connectivity index (χ2v) is 6.37. The van der Waals surface area contributed by atoms with Gasteiger partial charge in [-0.3, -0.25) is 0 Å². The van der Waals surface area contributed by atoms with Crippen LogP contribution in [0.25, 0.3) is 5.57 Å². The van der Waals surface area contributed by atoms with Gasteiger partial charge in [0.25, 0.3) is 0 Å². The van der Waals surface area contributed by atoms with Gasteiger partial charge in [-0.1, -0.05) is 29.8 Å². The van der Waals surface area contributed by atoms with Crippen LogP contribution in [-0.2, 0) is 6.18 Å². The molecule has 6 heteroatoms. The quantitative estimate of drug-likeness (QED) is 0.747. The molecule has 25 heavy (non-hydrogen) atoms. The van der Waals surface area contributed by atoms with Gasteiger partial charge in [0.15, 0.2) is 0 Å². The van der Waals surface area contributed by atoms with Crippen LogP contribution in [0, 0.1) is 0 Å². The molecule has 0 amide bonds. The molecule has 0 aromatic heterocycles. The third-order valence-corrected chi connectivity index (χ3v) is 4.56. The van der Waals surface area contributed by atoms with Gasteiger partial charge >= 0.3 is 6.18 Å². The first-order chi connectivity index (χ1) is 11.9. The fraction of sp³-hybridized carbons (Fsp3) is 0.263. The summed E-state index contributed by atoms with van der Waals surface area (Å²) in [5.41, 5.74) is 3.29. The lowest BCUT2D eigenvalue weighted by molar-refractivity contribution is -0.137. The molecule has 1 aliphatic heterocycles. The first-order valence-corrected chi connectivity index (χ1v) is 8.35. The minimum Gasteiger partial charge on any atom is -0.388 e. The van der Waals surface area contributed by atoms with Crippen molar-refractivity contribution in [2.75, 3.05) is 18.9 Å². The van der Waals surface area contributed by atoms with Crippen molar-refractivity contribution in [3.8, 4) is 0 Å². The summed E-state index contributed by atoms with van der Waals surface area (Å²) >= 11 is 6.13. The molecular formula is C19H18ClF3N2. The van der Waals surface area contributed by atoms with E-state index in [0.717, 1.165) is 47.5 Å². The predicted octanol–water partition coefficient (Wildman–Crippen LogP) is 5.52. The number of alkyl halides is 3. The second kappa shape index (κ2) is 7.10. The molecule has 0 saturated heterocycles. The van der Waals surface area contributed by atoms with Crippen molar-refractivity contribution in [1.29, 1.82) is 0 Å². The number of halogens is 4.